The lowest BCUT2D eigenvalue weighted by Crippen LogP contribution is -2.65. The van der Waals surface area contributed by atoms with Crippen molar-refractivity contribution in [2.75, 3.05) is 19.8 Å². The van der Waals surface area contributed by atoms with Gasteiger partial charge in [0.15, 0.2) is 11.6 Å². The van der Waals surface area contributed by atoms with E-state index in [9.17, 15) is 22.8 Å². The molecule has 1 amide bonds. The molecule has 3 rings (SSSR count). The molecular formula is C14H18F3NO4. The molecule has 8 heteroatoms. The zero-order chi connectivity index (χ0) is 16.0. The first-order chi connectivity index (χ1) is 10.3. The number of piperidine rings is 1. The van der Waals surface area contributed by atoms with Crippen LogP contribution in [0.25, 0.3) is 0 Å². The van der Waals surface area contributed by atoms with Crippen LogP contribution in [0.1, 0.15) is 38.5 Å². The molecule has 1 aliphatic carbocycles. The zero-order valence-electron chi connectivity index (χ0n) is 12.1. The van der Waals surface area contributed by atoms with E-state index in [0.29, 0.717) is 26.1 Å². The summed E-state index contributed by atoms with van der Waals surface area (Å²) in [6.45, 7) is 0.872. The lowest BCUT2D eigenvalue weighted by Gasteiger charge is -2.50. The molecule has 0 bridgehead atoms. The second kappa shape index (κ2) is 5.19. The van der Waals surface area contributed by atoms with Crippen LogP contribution in [0.4, 0.5) is 13.2 Å². The second-order valence-corrected chi connectivity index (χ2v) is 6.12. The molecule has 0 atom stereocenters. The number of amides is 1. The number of likely N-dealkylation sites (tertiary alicyclic amines) is 1. The van der Waals surface area contributed by atoms with E-state index in [4.69, 9.17) is 9.47 Å². The number of halogens is 3. The molecule has 3 fully saturated rings. The van der Waals surface area contributed by atoms with E-state index in [0.717, 1.165) is 4.90 Å². The smallest absolute Gasteiger partial charge is 0.348 e. The van der Waals surface area contributed by atoms with Gasteiger partial charge in [-0.05, 0) is 19.3 Å². The van der Waals surface area contributed by atoms with Crippen LogP contribution < -0.4 is 0 Å². The van der Waals surface area contributed by atoms with Gasteiger partial charge in [0, 0.05) is 25.8 Å². The molecule has 2 saturated heterocycles. The van der Waals surface area contributed by atoms with Crippen LogP contribution in [0.5, 0.6) is 0 Å². The van der Waals surface area contributed by atoms with Gasteiger partial charge in [0.25, 0.3) is 0 Å². The van der Waals surface area contributed by atoms with Crippen molar-refractivity contribution < 1.29 is 32.2 Å². The topological polar surface area (TPSA) is 55.8 Å². The summed E-state index contributed by atoms with van der Waals surface area (Å²) >= 11 is 0. The molecule has 0 aromatic rings. The zero-order valence-corrected chi connectivity index (χ0v) is 12.1. The van der Waals surface area contributed by atoms with Crippen LogP contribution >= 0.6 is 0 Å². The van der Waals surface area contributed by atoms with Crippen molar-refractivity contribution in [3.63, 3.8) is 0 Å². The first-order valence-corrected chi connectivity index (χ1v) is 7.49. The quantitative estimate of drug-likeness (QED) is 0.683. The Kier molecular flexibility index (Phi) is 3.71. The second-order valence-electron chi connectivity index (χ2n) is 6.12. The van der Waals surface area contributed by atoms with E-state index in [-0.39, 0.29) is 38.0 Å². The number of hydrogen-bond acceptors (Lipinski definition) is 4. The van der Waals surface area contributed by atoms with Crippen LogP contribution in [0, 0.1) is 0 Å². The van der Waals surface area contributed by atoms with Crippen LogP contribution in [-0.2, 0) is 19.1 Å². The lowest BCUT2D eigenvalue weighted by atomic mass is 9.71. The fourth-order valence-electron chi connectivity index (χ4n) is 3.82. The normalized spacial score (nSPS) is 27.6. The molecule has 0 aromatic carbocycles. The van der Waals surface area contributed by atoms with Gasteiger partial charge in [0.1, 0.15) is 5.54 Å². The number of alkyl halides is 3. The van der Waals surface area contributed by atoms with Crippen LogP contribution in [0.3, 0.4) is 0 Å². The van der Waals surface area contributed by atoms with Crippen molar-refractivity contribution in [1.29, 1.82) is 0 Å². The molecule has 2 aliphatic heterocycles. The number of carbonyl (C=O) groups excluding carboxylic acids is 2. The molecule has 5 nitrogen and oxygen atoms in total. The van der Waals surface area contributed by atoms with E-state index in [1.807, 2.05) is 0 Å². The highest BCUT2D eigenvalue weighted by Crippen LogP contribution is 2.46. The molecular weight excluding hydrogens is 303 g/mol. The first-order valence-electron chi connectivity index (χ1n) is 7.49. The predicted octanol–water partition coefficient (Wildman–Crippen LogP) is 1.80. The van der Waals surface area contributed by atoms with Gasteiger partial charge in [-0.15, -0.1) is 0 Å². The number of nitrogens with zero attached hydrogens (tertiary/aromatic N) is 1. The summed E-state index contributed by atoms with van der Waals surface area (Å²) in [5, 5.41) is 0. The van der Waals surface area contributed by atoms with Crippen molar-refractivity contribution in [2.24, 2.45) is 0 Å². The Morgan fingerprint density at radius 2 is 1.68 bits per heavy atom. The van der Waals surface area contributed by atoms with Crippen LogP contribution in [0.15, 0.2) is 0 Å². The van der Waals surface area contributed by atoms with Gasteiger partial charge in [-0.1, -0.05) is 0 Å². The third-order valence-electron chi connectivity index (χ3n) is 4.96. The Hall–Kier alpha value is -1.15. The maximum atomic E-state index is 12.8. The van der Waals surface area contributed by atoms with E-state index in [1.165, 1.54) is 0 Å². The summed E-state index contributed by atoms with van der Waals surface area (Å²) in [7, 11) is 0. The summed E-state index contributed by atoms with van der Waals surface area (Å²) < 4.78 is 49.6. The SMILES string of the molecule is O=C(N1CCCC(=O)C12CCC1(CC2)OCCO1)C(F)(F)F. The van der Waals surface area contributed by atoms with Gasteiger partial charge in [0.2, 0.25) is 0 Å². The fraction of sp³-hybridized carbons (Fsp3) is 0.857. The third kappa shape index (κ3) is 2.42. The lowest BCUT2D eigenvalue weighted by molar-refractivity contribution is -0.212. The standard InChI is InChI=1S/C14H18F3NO4/c15-14(16,17)11(20)18-7-1-2-10(19)12(18)3-5-13(6-4-12)21-8-9-22-13/h1-9H2. The van der Waals surface area contributed by atoms with Gasteiger partial charge in [0.05, 0.1) is 13.2 Å². The molecule has 2 spiro atoms. The molecule has 0 unspecified atom stereocenters. The predicted molar refractivity (Wildman–Crippen MR) is 67.8 cm³/mol. The summed E-state index contributed by atoms with van der Waals surface area (Å²) in [5.41, 5.74) is -1.34. The fourth-order valence-corrected chi connectivity index (χ4v) is 3.82. The van der Waals surface area contributed by atoms with Crippen LogP contribution in [0.2, 0.25) is 0 Å². The van der Waals surface area contributed by atoms with E-state index in [1.54, 1.807) is 0 Å². The number of rotatable bonds is 0. The molecule has 0 aromatic heterocycles. The van der Waals surface area contributed by atoms with Gasteiger partial charge >= 0.3 is 12.1 Å². The molecule has 3 aliphatic rings. The summed E-state index contributed by atoms with van der Waals surface area (Å²) in [6.07, 6.45) is -3.47. The number of Topliss-reactive ketones (excluding diaryl/α,β-unsaturated/α-hetero) is 1. The van der Waals surface area contributed by atoms with E-state index in [2.05, 4.69) is 0 Å². The number of ether oxygens (including phenoxy) is 2. The van der Waals surface area contributed by atoms with Gasteiger partial charge in [-0.2, -0.15) is 13.2 Å². The van der Waals surface area contributed by atoms with Crippen LogP contribution in [-0.4, -0.2) is 53.9 Å². The Morgan fingerprint density at radius 3 is 2.23 bits per heavy atom. The number of ketones is 1. The summed E-state index contributed by atoms with van der Waals surface area (Å²) in [6, 6.07) is 0. The maximum absolute atomic E-state index is 12.8. The Labute approximate surface area is 125 Å². The molecule has 2 heterocycles. The van der Waals surface area contributed by atoms with Crippen molar-refractivity contribution in [3.05, 3.63) is 0 Å². The summed E-state index contributed by atoms with van der Waals surface area (Å²) in [4.78, 5) is 24.9. The highest BCUT2D eigenvalue weighted by molar-refractivity contribution is 5.95. The minimum atomic E-state index is -4.96. The maximum Gasteiger partial charge on any atom is 0.471 e. The van der Waals surface area contributed by atoms with E-state index < -0.39 is 23.4 Å². The highest BCUT2D eigenvalue weighted by atomic mass is 19.4. The van der Waals surface area contributed by atoms with Gasteiger partial charge in [-0.3, -0.25) is 9.59 Å². The Balaban J connectivity index is 1.84. The van der Waals surface area contributed by atoms with Gasteiger partial charge < -0.3 is 14.4 Å². The van der Waals surface area contributed by atoms with Crippen molar-refractivity contribution in [3.8, 4) is 0 Å². The monoisotopic (exact) mass is 321 g/mol. The van der Waals surface area contributed by atoms with Crippen molar-refractivity contribution in [1.82, 2.24) is 4.90 Å². The van der Waals surface area contributed by atoms with E-state index >= 15 is 0 Å². The molecule has 124 valence electrons. The Bertz CT molecular complexity index is 475. The number of hydrogen-bond donors (Lipinski definition) is 0. The average Bonchev–Trinajstić information content (AvgIpc) is 2.92. The summed E-state index contributed by atoms with van der Waals surface area (Å²) in [5.74, 6) is -2.97. The Morgan fingerprint density at radius 1 is 1.09 bits per heavy atom. The van der Waals surface area contributed by atoms with Gasteiger partial charge in [-0.25, -0.2) is 0 Å². The first kappa shape index (κ1) is 15.7. The molecule has 0 N–H and O–H groups in total. The van der Waals surface area contributed by atoms with Crippen molar-refractivity contribution in [2.45, 2.75) is 56.0 Å². The minimum absolute atomic E-state index is 0.0290. The number of carbonyl (C=O) groups is 2. The van der Waals surface area contributed by atoms with Crippen molar-refractivity contribution >= 4 is 11.7 Å². The molecule has 22 heavy (non-hydrogen) atoms. The molecule has 0 radical (unpaired) electrons. The average molecular weight is 321 g/mol. The largest absolute Gasteiger partial charge is 0.471 e. The molecule has 1 saturated carbocycles. The minimum Gasteiger partial charge on any atom is -0.348 e. The third-order valence-corrected chi connectivity index (χ3v) is 4.96. The highest BCUT2D eigenvalue weighted by Gasteiger charge is 2.58.